The summed E-state index contributed by atoms with van der Waals surface area (Å²) in [6.07, 6.45) is 2.60. The van der Waals surface area contributed by atoms with Gasteiger partial charge < -0.3 is 9.88 Å². The number of hydrogen-bond donors (Lipinski definition) is 2. The summed E-state index contributed by atoms with van der Waals surface area (Å²) >= 11 is 12.9. The number of amides is 3. The van der Waals surface area contributed by atoms with Crippen molar-refractivity contribution in [2.45, 2.75) is 44.6 Å². The lowest BCUT2D eigenvalue weighted by molar-refractivity contribution is -0.134. The summed E-state index contributed by atoms with van der Waals surface area (Å²) in [5.41, 5.74) is 2.52. The average Bonchev–Trinajstić information content (AvgIpc) is 3.13. The largest absolute Gasteiger partial charge is 0.351 e. The van der Waals surface area contributed by atoms with Crippen molar-refractivity contribution in [3.8, 4) is 0 Å². The van der Waals surface area contributed by atoms with Crippen molar-refractivity contribution in [3.05, 3.63) is 69.3 Å². The van der Waals surface area contributed by atoms with Crippen LogP contribution in [-0.2, 0) is 33.4 Å². The Hall–Kier alpha value is -2.83. The molecule has 2 N–H and O–H groups in total. The summed E-state index contributed by atoms with van der Waals surface area (Å²) in [5, 5.41) is 7.07. The monoisotopic (exact) mass is 485 g/mol. The van der Waals surface area contributed by atoms with Gasteiger partial charge in [-0.1, -0.05) is 29.3 Å². The minimum absolute atomic E-state index is 0.126. The van der Waals surface area contributed by atoms with Crippen LogP contribution >= 0.6 is 23.2 Å². The Balaban J connectivity index is 1.49. The maximum absolute atomic E-state index is 13.1. The fraction of sp³-hybridized carbons (Fsp3) is 0.320. The Morgan fingerprint density at radius 1 is 1.15 bits per heavy atom. The molecule has 1 aliphatic heterocycles. The molecule has 2 heterocycles. The van der Waals surface area contributed by atoms with Crippen LogP contribution in [0.4, 0.5) is 0 Å². The number of hydrogen-bond acceptors (Lipinski definition) is 3. The first-order valence-corrected chi connectivity index (χ1v) is 11.5. The Kier molecular flexibility index (Phi) is 6.25. The number of carbonyl (C=O) groups excluding carboxylic acids is 3. The summed E-state index contributed by atoms with van der Waals surface area (Å²) in [4.78, 5) is 36.7. The predicted octanol–water partition coefficient (Wildman–Crippen LogP) is 4.60. The number of nitrogens with one attached hydrogen (secondary N) is 2. The van der Waals surface area contributed by atoms with Gasteiger partial charge in [0.2, 0.25) is 17.7 Å². The molecule has 0 aliphatic carbocycles. The van der Waals surface area contributed by atoms with Crippen LogP contribution < -0.4 is 10.6 Å². The highest BCUT2D eigenvalue weighted by Gasteiger charge is 2.32. The molecule has 1 unspecified atom stereocenters. The van der Waals surface area contributed by atoms with Crippen LogP contribution in [0.3, 0.4) is 0 Å². The smallest absolute Gasteiger partial charge is 0.234 e. The number of carbonyl (C=O) groups is 3. The van der Waals surface area contributed by atoms with Gasteiger partial charge in [-0.3, -0.25) is 19.7 Å². The van der Waals surface area contributed by atoms with Gasteiger partial charge in [0.25, 0.3) is 0 Å². The molecule has 1 fully saturated rings. The second-order valence-corrected chi connectivity index (χ2v) is 9.80. The van der Waals surface area contributed by atoms with E-state index in [4.69, 9.17) is 23.2 Å². The fourth-order valence-corrected chi connectivity index (χ4v) is 5.04. The van der Waals surface area contributed by atoms with Crippen LogP contribution in [0.1, 0.15) is 49.3 Å². The number of nitrogens with zero attached hydrogens (tertiary/aromatic N) is 1. The topological polar surface area (TPSA) is 80.2 Å². The lowest BCUT2D eigenvalue weighted by atomic mass is 9.83. The summed E-state index contributed by atoms with van der Waals surface area (Å²) in [5.74, 6) is -1.39. The molecule has 1 atom stereocenters. The van der Waals surface area contributed by atoms with E-state index in [0.29, 0.717) is 22.0 Å². The standard InChI is InChI=1S/C25H25Cl2N3O3/c1-25(2,16-4-6-20-15(12-16)8-9-30(20)3)24(33)28-13-14-10-18(26)22(19(27)11-14)17-5-7-21(31)29-23(17)32/h4,6,8-12,17H,5,7,13H2,1-3H3,(H,28,33)(H,29,31,32). The Morgan fingerprint density at radius 3 is 2.52 bits per heavy atom. The molecular weight excluding hydrogens is 461 g/mol. The molecule has 0 saturated carbocycles. The maximum atomic E-state index is 13.1. The molecule has 1 aliphatic rings. The van der Waals surface area contributed by atoms with Crippen molar-refractivity contribution >= 4 is 51.8 Å². The van der Waals surface area contributed by atoms with Gasteiger partial charge in [0.15, 0.2) is 0 Å². The van der Waals surface area contributed by atoms with E-state index in [2.05, 4.69) is 10.6 Å². The van der Waals surface area contributed by atoms with Crippen LogP contribution in [0.25, 0.3) is 10.9 Å². The number of piperidine rings is 1. The van der Waals surface area contributed by atoms with Crippen molar-refractivity contribution in [1.29, 1.82) is 0 Å². The number of rotatable bonds is 5. The molecular formula is C25H25Cl2N3O3. The Labute approximate surface area is 202 Å². The zero-order valence-electron chi connectivity index (χ0n) is 18.7. The maximum Gasteiger partial charge on any atom is 0.234 e. The van der Waals surface area contributed by atoms with Gasteiger partial charge in [-0.15, -0.1) is 0 Å². The third-order valence-electron chi connectivity index (χ3n) is 6.35. The van der Waals surface area contributed by atoms with E-state index in [0.717, 1.165) is 22.0 Å². The number of fused-ring (bicyclic) bond motifs is 1. The summed E-state index contributed by atoms with van der Waals surface area (Å²) in [7, 11) is 1.99. The molecule has 1 aromatic heterocycles. The SMILES string of the molecule is Cn1ccc2cc(C(C)(C)C(=O)NCc3cc(Cl)c(C4CCC(=O)NC4=O)c(Cl)c3)ccc21. The molecule has 2 aromatic carbocycles. The Morgan fingerprint density at radius 2 is 1.85 bits per heavy atom. The summed E-state index contributed by atoms with van der Waals surface area (Å²) in [6, 6.07) is 11.5. The normalized spacial score (nSPS) is 16.7. The van der Waals surface area contributed by atoms with E-state index >= 15 is 0 Å². The summed E-state index contributed by atoms with van der Waals surface area (Å²) in [6.45, 7) is 4.02. The number of benzene rings is 2. The molecule has 0 radical (unpaired) electrons. The highest BCUT2D eigenvalue weighted by molar-refractivity contribution is 6.36. The van der Waals surface area contributed by atoms with Crippen molar-refractivity contribution < 1.29 is 14.4 Å². The average molecular weight is 486 g/mol. The minimum Gasteiger partial charge on any atom is -0.351 e. The van der Waals surface area contributed by atoms with E-state index in [1.54, 1.807) is 12.1 Å². The first kappa shape index (κ1) is 23.3. The molecule has 1 saturated heterocycles. The number of halogens is 2. The zero-order chi connectivity index (χ0) is 23.9. The van der Waals surface area contributed by atoms with Gasteiger partial charge in [-0.25, -0.2) is 0 Å². The van der Waals surface area contributed by atoms with Crippen molar-refractivity contribution in [3.63, 3.8) is 0 Å². The first-order valence-electron chi connectivity index (χ1n) is 10.7. The van der Waals surface area contributed by atoms with Crippen LogP contribution in [0, 0.1) is 0 Å². The molecule has 0 spiro atoms. The Bertz CT molecular complexity index is 1260. The number of imide groups is 1. The van der Waals surface area contributed by atoms with Crippen molar-refractivity contribution in [1.82, 2.24) is 15.2 Å². The van der Waals surface area contributed by atoms with Crippen LogP contribution in [0.15, 0.2) is 42.6 Å². The van der Waals surface area contributed by atoms with E-state index in [1.165, 1.54) is 0 Å². The van der Waals surface area contributed by atoms with Crippen LogP contribution in [-0.4, -0.2) is 22.3 Å². The second kappa shape index (κ2) is 8.84. The van der Waals surface area contributed by atoms with E-state index in [-0.39, 0.29) is 24.8 Å². The van der Waals surface area contributed by atoms with Gasteiger partial charge in [0.1, 0.15) is 0 Å². The van der Waals surface area contributed by atoms with Crippen LogP contribution in [0.5, 0.6) is 0 Å². The van der Waals surface area contributed by atoms with E-state index < -0.39 is 17.2 Å². The zero-order valence-corrected chi connectivity index (χ0v) is 20.2. The van der Waals surface area contributed by atoms with E-state index in [1.807, 2.05) is 55.9 Å². The third kappa shape index (κ3) is 4.50. The number of aryl methyl sites for hydroxylation is 1. The lowest BCUT2D eigenvalue weighted by Crippen LogP contribution is -2.40. The van der Waals surface area contributed by atoms with Gasteiger partial charge in [0, 0.05) is 47.3 Å². The lowest BCUT2D eigenvalue weighted by Gasteiger charge is -2.25. The quantitative estimate of drug-likeness (QED) is 0.518. The summed E-state index contributed by atoms with van der Waals surface area (Å²) < 4.78 is 2.04. The van der Waals surface area contributed by atoms with Gasteiger partial charge in [-0.2, -0.15) is 0 Å². The first-order chi connectivity index (χ1) is 15.6. The fourth-order valence-electron chi connectivity index (χ4n) is 4.25. The molecule has 8 heteroatoms. The molecule has 4 rings (SSSR count). The van der Waals surface area contributed by atoms with Crippen molar-refractivity contribution in [2.24, 2.45) is 7.05 Å². The van der Waals surface area contributed by atoms with Gasteiger partial charge in [0.05, 0.1) is 11.3 Å². The molecule has 33 heavy (non-hydrogen) atoms. The molecule has 3 aromatic rings. The predicted molar refractivity (Wildman–Crippen MR) is 129 cm³/mol. The van der Waals surface area contributed by atoms with Gasteiger partial charge >= 0.3 is 0 Å². The second-order valence-electron chi connectivity index (χ2n) is 8.98. The number of aromatic nitrogens is 1. The molecule has 6 nitrogen and oxygen atoms in total. The highest BCUT2D eigenvalue weighted by Crippen LogP contribution is 2.37. The molecule has 172 valence electrons. The minimum atomic E-state index is -0.746. The molecule has 0 bridgehead atoms. The molecule has 3 amide bonds. The third-order valence-corrected chi connectivity index (χ3v) is 6.98. The highest BCUT2D eigenvalue weighted by atomic mass is 35.5. The van der Waals surface area contributed by atoms with Crippen molar-refractivity contribution in [2.75, 3.05) is 0 Å². The van der Waals surface area contributed by atoms with Gasteiger partial charge in [-0.05, 0) is 67.1 Å². The van der Waals surface area contributed by atoms with Crippen LogP contribution in [0.2, 0.25) is 10.0 Å². The van der Waals surface area contributed by atoms with E-state index in [9.17, 15) is 14.4 Å².